The van der Waals surface area contributed by atoms with Gasteiger partial charge >= 0.3 is 5.97 Å². The molecule has 13 heavy (non-hydrogen) atoms. The third kappa shape index (κ3) is 1.49. The number of carboxylic acids is 1. The molecule has 72 valence electrons. The molecule has 0 aliphatic carbocycles. The highest BCUT2D eigenvalue weighted by Crippen LogP contribution is 2.23. The highest BCUT2D eigenvalue weighted by molar-refractivity contribution is 5.92. The lowest BCUT2D eigenvalue weighted by Gasteiger charge is -2.05. The second-order valence-electron chi connectivity index (χ2n) is 3.23. The second-order valence-corrected chi connectivity index (χ2v) is 3.23. The predicted octanol–water partition coefficient (Wildman–Crippen LogP) is 0.824. The summed E-state index contributed by atoms with van der Waals surface area (Å²) >= 11 is 0. The van der Waals surface area contributed by atoms with Crippen molar-refractivity contribution < 1.29 is 9.90 Å². The minimum atomic E-state index is -1.08. The smallest absolute Gasteiger partial charge is 0.358 e. The van der Waals surface area contributed by atoms with Crippen LogP contribution in [0.15, 0.2) is 0 Å². The van der Waals surface area contributed by atoms with Crippen LogP contribution in [-0.4, -0.2) is 20.9 Å². The Balaban J connectivity index is 3.30. The summed E-state index contributed by atoms with van der Waals surface area (Å²) in [7, 11) is 1.69. The molecule has 0 saturated heterocycles. The van der Waals surface area contributed by atoms with Gasteiger partial charge in [0.2, 0.25) is 0 Å². The summed E-state index contributed by atoms with van der Waals surface area (Å²) in [6, 6.07) is 0. The SMILES string of the molecule is CC(C)c1c(N)c(C(=O)O)nn1C. The summed E-state index contributed by atoms with van der Waals surface area (Å²) in [6.45, 7) is 3.89. The molecule has 1 rings (SSSR count). The zero-order valence-corrected chi connectivity index (χ0v) is 7.90. The fourth-order valence-corrected chi connectivity index (χ4v) is 1.40. The van der Waals surface area contributed by atoms with E-state index in [-0.39, 0.29) is 17.3 Å². The van der Waals surface area contributed by atoms with Crippen molar-refractivity contribution in [3.63, 3.8) is 0 Å². The maximum Gasteiger partial charge on any atom is 0.358 e. The summed E-state index contributed by atoms with van der Waals surface area (Å²) in [5.41, 5.74) is 6.61. The maximum atomic E-state index is 10.7. The molecule has 0 saturated carbocycles. The number of carbonyl (C=O) groups is 1. The molecule has 0 spiro atoms. The van der Waals surface area contributed by atoms with E-state index in [2.05, 4.69) is 5.10 Å². The topological polar surface area (TPSA) is 81.1 Å². The summed E-state index contributed by atoms with van der Waals surface area (Å²) < 4.78 is 1.52. The van der Waals surface area contributed by atoms with E-state index in [4.69, 9.17) is 10.8 Å². The van der Waals surface area contributed by atoms with Crippen LogP contribution in [0, 0.1) is 0 Å². The first-order chi connectivity index (χ1) is 5.95. The van der Waals surface area contributed by atoms with Crippen LogP contribution in [0.4, 0.5) is 5.69 Å². The number of nitrogen functional groups attached to an aromatic ring is 1. The number of nitrogens with zero attached hydrogens (tertiary/aromatic N) is 2. The molecular formula is C8H13N3O2. The van der Waals surface area contributed by atoms with Gasteiger partial charge in [-0.1, -0.05) is 13.8 Å². The molecule has 1 aromatic rings. The molecule has 0 radical (unpaired) electrons. The second kappa shape index (κ2) is 3.08. The van der Waals surface area contributed by atoms with Gasteiger partial charge in [-0.05, 0) is 5.92 Å². The minimum absolute atomic E-state index is 0.0637. The van der Waals surface area contributed by atoms with E-state index in [1.54, 1.807) is 7.05 Å². The van der Waals surface area contributed by atoms with Crippen molar-refractivity contribution in [2.24, 2.45) is 7.05 Å². The van der Waals surface area contributed by atoms with Gasteiger partial charge in [-0.2, -0.15) is 5.10 Å². The first kappa shape index (κ1) is 9.57. The molecule has 0 aliphatic heterocycles. The Kier molecular flexibility index (Phi) is 2.27. The van der Waals surface area contributed by atoms with Crippen molar-refractivity contribution in [1.29, 1.82) is 0 Å². The molecule has 1 aromatic heterocycles. The lowest BCUT2D eigenvalue weighted by atomic mass is 10.1. The zero-order chi connectivity index (χ0) is 10.2. The number of hydrogen-bond donors (Lipinski definition) is 2. The van der Waals surface area contributed by atoms with Crippen LogP contribution >= 0.6 is 0 Å². The normalized spacial score (nSPS) is 10.8. The van der Waals surface area contributed by atoms with Crippen LogP contribution in [0.5, 0.6) is 0 Å². The fraction of sp³-hybridized carbons (Fsp3) is 0.500. The molecule has 0 unspecified atom stereocenters. The number of anilines is 1. The van der Waals surface area contributed by atoms with Gasteiger partial charge < -0.3 is 10.8 Å². The number of hydrogen-bond acceptors (Lipinski definition) is 3. The van der Waals surface area contributed by atoms with Crippen LogP contribution in [0.1, 0.15) is 35.9 Å². The molecule has 0 fully saturated rings. The standard InChI is InChI=1S/C8H13N3O2/c1-4(2)7-5(9)6(8(12)13)10-11(7)3/h4H,9H2,1-3H3,(H,12,13). The van der Waals surface area contributed by atoms with E-state index in [0.29, 0.717) is 0 Å². The molecule has 0 amide bonds. The van der Waals surface area contributed by atoms with Crippen LogP contribution in [0.3, 0.4) is 0 Å². The third-order valence-corrected chi connectivity index (χ3v) is 1.88. The Hall–Kier alpha value is -1.52. The third-order valence-electron chi connectivity index (χ3n) is 1.88. The van der Waals surface area contributed by atoms with E-state index >= 15 is 0 Å². The molecule has 5 heteroatoms. The van der Waals surface area contributed by atoms with E-state index < -0.39 is 5.97 Å². The molecule has 1 heterocycles. The minimum Gasteiger partial charge on any atom is -0.476 e. The monoisotopic (exact) mass is 183 g/mol. The average Bonchev–Trinajstić information content (AvgIpc) is 2.26. The van der Waals surface area contributed by atoms with E-state index in [1.165, 1.54) is 4.68 Å². The fourth-order valence-electron chi connectivity index (χ4n) is 1.40. The first-order valence-corrected chi connectivity index (χ1v) is 4.00. The van der Waals surface area contributed by atoms with Gasteiger partial charge in [-0.25, -0.2) is 4.79 Å². The summed E-state index contributed by atoms with van der Waals surface area (Å²) in [6.07, 6.45) is 0. The van der Waals surface area contributed by atoms with Gasteiger partial charge in [0.25, 0.3) is 0 Å². The molecule has 0 aromatic carbocycles. The Morgan fingerprint density at radius 1 is 1.62 bits per heavy atom. The van der Waals surface area contributed by atoms with Crippen LogP contribution in [0.25, 0.3) is 0 Å². The number of carboxylic acid groups (broad SMARTS) is 1. The molecular weight excluding hydrogens is 170 g/mol. The van der Waals surface area contributed by atoms with Gasteiger partial charge in [-0.15, -0.1) is 0 Å². The maximum absolute atomic E-state index is 10.7. The largest absolute Gasteiger partial charge is 0.476 e. The predicted molar refractivity (Wildman–Crippen MR) is 48.7 cm³/mol. The molecule has 0 atom stereocenters. The Bertz CT molecular complexity index is 341. The Labute approximate surface area is 76.2 Å². The number of aromatic carboxylic acids is 1. The summed E-state index contributed by atoms with van der Waals surface area (Å²) in [5.74, 6) is -0.911. The van der Waals surface area contributed by atoms with E-state index in [9.17, 15) is 4.79 Å². The average molecular weight is 183 g/mol. The molecule has 0 aliphatic rings. The Morgan fingerprint density at radius 2 is 2.15 bits per heavy atom. The first-order valence-electron chi connectivity index (χ1n) is 4.00. The summed E-state index contributed by atoms with van der Waals surface area (Å²) in [5, 5.41) is 12.6. The van der Waals surface area contributed by atoms with Crippen LogP contribution in [-0.2, 0) is 7.05 Å². The zero-order valence-electron chi connectivity index (χ0n) is 7.90. The van der Waals surface area contributed by atoms with Gasteiger partial charge in [0.15, 0.2) is 5.69 Å². The van der Waals surface area contributed by atoms with Crippen molar-refractivity contribution in [2.45, 2.75) is 19.8 Å². The lowest BCUT2D eigenvalue weighted by molar-refractivity contribution is 0.0691. The van der Waals surface area contributed by atoms with Crippen molar-refractivity contribution in [1.82, 2.24) is 9.78 Å². The van der Waals surface area contributed by atoms with Crippen LogP contribution < -0.4 is 5.73 Å². The van der Waals surface area contributed by atoms with Crippen molar-refractivity contribution in [3.05, 3.63) is 11.4 Å². The van der Waals surface area contributed by atoms with Gasteiger partial charge in [0.05, 0.1) is 11.4 Å². The molecule has 3 N–H and O–H groups in total. The highest BCUT2D eigenvalue weighted by Gasteiger charge is 2.20. The highest BCUT2D eigenvalue weighted by atomic mass is 16.4. The van der Waals surface area contributed by atoms with Gasteiger partial charge in [0.1, 0.15) is 0 Å². The van der Waals surface area contributed by atoms with Crippen LogP contribution in [0.2, 0.25) is 0 Å². The van der Waals surface area contributed by atoms with E-state index in [1.807, 2.05) is 13.8 Å². The quantitative estimate of drug-likeness (QED) is 0.711. The van der Waals surface area contributed by atoms with Crippen molar-refractivity contribution >= 4 is 11.7 Å². The molecule has 0 bridgehead atoms. The van der Waals surface area contributed by atoms with E-state index in [0.717, 1.165) is 5.69 Å². The lowest BCUT2D eigenvalue weighted by Crippen LogP contribution is -2.02. The van der Waals surface area contributed by atoms with Crippen molar-refractivity contribution in [2.75, 3.05) is 5.73 Å². The number of aromatic nitrogens is 2. The number of nitrogens with two attached hydrogens (primary N) is 1. The number of rotatable bonds is 2. The number of aryl methyl sites for hydroxylation is 1. The van der Waals surface area contributed by atoms with Gasteiger partial charge in [0, 0.05) is 7.05 Å². The van der Waals surface area contributed by atoms with Gasteiger partial charge in [-0.3, -0.25) is 4.68 Å². The Morgan fingerprint density at radius 3 is 2.38 bits per heavy atom. The molecule has 5 nitrogen and oxygen atoms in total. The van der Waals surface area contributed by atoms with Crippen molar-refractivity contribution in [3.8, 4) is 0 Å². The summed E-state index contributed by atoms with van der Waals surface area (Å²) in [4.78, 5) is 10.7.